The van der Waals surface area contributed by atoms with Crippen molar-refractivity contribution >= 4 is 17.8 Å². The maximum absolute atomic E-state index is 13.0. The van der Waals surface area contributed by atoms with Gasteiger partial charge in [-0.3, -0.25) is 9.59 Å². The van der Waals surface area contributed by atoms with Gasteiger partial charge >= 0.3 is 6.09 Å². The standard InChI is InChI=1S/C23H24N2O4/c1-23(2,3)29-22(28)25-12-10-24(11-13-25)21(27)15-8-9-17-16-6-4-5-7-18(16)20(26)19(17)14-15/h4-9,14H,10-13H2,1-3H3. The summed E-state index contributed by atoms with van der Waals surface area (Å²) in [6.45, 7) is 7.22. The van der Waals surface area contributed by atoms with Crippen molar-refractivity contribution in [3.63, 3.8) is 0 Å². The van der Waals surface area contributed by atoms with Crippen molar-refractivity contribution < 1.29 is 19.1 Å². The van der Waals surface area contributed by atoms with Crippen molar-refractivity contribution in [2.75, 3.05) is 26.2 Å². The van der Waals surface area contributed by atoms with Crippen molar-refractivity contribution in [3.8, 4) is 11.1 Å². The Hall–Kier alpha value is -3.15. The summed E-state index contributed by atoms with van der Waals surface area (Å²) in [4.78, 5) is 41.2. The highest BCUT2D eigenvalue weighted by atomic mass is 16.6. The minimum Gasteiger partial charge on any atom is -0.444 e. The largest absolute Gasteiger partial charge is 0.444 e. The Kier molecular flexibility index (Phi) is 4.65. The first-order valence-electron chi connectivity index (χ1n) is 9.80. The number of piperazine rings is 1. The molecule has 2 aromatic rings. The minimum atomic E-state index is -0.543. The summed E-state index contributed by atoms with van der Waals surface area (Å²) in [5, 5.41) is 0. The third-order valence-electron chi connectivity index (χ3n) is 5.19. The average Bonchev–Trinajstić information content (AvgIpc) is 2.98. The second-order valence-electron chi connectivity index (χ2n) is 8.39. The monoisotopic (exact) mass is 392 g/mol. The molecular formula is C23H24N2O4. The summed E-state index contributed by atoms with van der Waals surface area (Å²) >= 11 is 0. The molecule has 1 fully saturated rings. The van der Waals surface area contributed by atoms with Crippen LogP contribution in [0.4, 0.5) is 4.79 Å². The van der Waals surface area contributed by atoms with E-state index in [1.165, 1.54) is 0 Å². The molecule has 0 aromatic heterocycles. The highest BCUT2D eigenvalue weighted by molar-refractivity contribution is 6.22. The summed E-state index contributed by atoms with van der Waals surface area (Å²) in [7, 11) is 0. The summed E-state index contributed by atoms with van der Waals surface area (Å²) < 4.78 is 5.40. The van der Waals surface area contributed by atoms with Gasteiger partial charge in [0.15, 0.2) is 5.78 Å². The molecule has 0 N–H and O–H groups in total. The van der Waals surface area contributed by atoms with Crippen LogP contribution < -0.4 is 0 Å². The van der Waals surface area contributed by atoms with Crippen LogP contribution in [0.25, 0.3) is 11.1 Å². The second-order valence-corrected chi connectivity index (χ2v) is 8.39. The number of fused-ring (bicyclic) bond motifs is 3. The van der Waals surface area contributed by atoms with Gasteiger partial charge in [0, 0.05) is 42.9 Å². The van der Waals surface area contributed by atoms with E-state index in [2.05, 4.69) is 0 Å². The summed E-state index contributed by atoms with van der Waals surface area (Å²) in [6.07, 6.45) is -0.356. The number of ether oxygens (including phenoxy) is 1. The molecule has 2 amide bonds. The lowest BCUT2D eigenvalue weighted by Crippen LogP contribution is -2.51. The predicted molar refractivity (Wildman–Crippen MR) is 109 cm³/mol. The molecule has 0 unspecified atom stereocenters. The van der Waals surface area contributed by atoms with Gasteiger partial charge in [-0.2, -0.15) is 0 Å². The van der Waals surface area contributed by atoms with Crippen LogP contribution in [0.2, 0.25) is 0 Å². The topological polar surface area (TPSA) is 66.9 Å². The van der Waals surface area contributed by atoms with E-state index in [9.17, 15) is 14.4 Å². The van der Waals surface area contributed by atoms with E-state index in [1.807, 2.05) is 51.1 Å². The van der Waals surface area contributed by atoms with Gasteiger partial charge in [-0.05, 0) is 44.0 Å². The molecule has 0 saturated carbocycles. The van der Waals surface area contributed by atoms with Crippen molar-refractivity contribution in [1.82, 2.24) is 9.80 Å². The van der Waals surface area contributed by atoms with Gasteiger partial charge in [-0.15, -0.1) is 0 Å². The molecule has 4 rings (SSSR count). The fourth-order valence-electron chi connectivity index (χ4n) is 3.76. The molecule has 0 radical (unpaired) electrons. The zero-order valence-corrected chi connectivity index (χ0v) is 16.9. The summed E-state index contributed by atoms with van der Waals surface area (Å²) in [5.41, 5.74) is 2.99. The lowest BCUT2D eigenvalue weighted by Gasteiger charge is -2.35. The molecule has 0 bridgehead atoms. The number of ketones is 1. The van der Waals surface area contributed by atoms with E-state index in [0.717, 1.165) is 11.1 Å². The third kappa shape index (κ3) is 3.62. The molecule has 6 nitrogen and oxygen atoms in total. The quantitative estimate of drug-likeness (QED) is 0.635. The lowest BCUT2D eigenvalue weighted by molar-refractivity contribution is 0.0141. The Morgan fingerprint density at radius 3 is 2.07 bits per heavy atom. The SMILES string of the molecule is CC(C)(C)OC(=O)N1CCN(C(=O)c2ccc3c(c2)C(=O)c2ccccc2-3)CC1. The van der Waals surface area contributed by atoms with Gasteiger partial charge in [-0.25, -0.2) is 4.79 Å². The van der Waals surface area contributed by atoms with E-state index >= 15 is 0 Å². The van der Waals surface area contributed by atoms with Gasteiger partial charge in [-0.1, -0.05) is 30.3 Å². The molecule has 1 saturated heterocycles. The van der Waals surface area contributed by atoms with Crippen LogP contribution in [0.3, 0.4) is 0 Å². The zero-order valence-electron chi connectivity index (χ0n) is 16.9. The first-order valence-corrected chi connectivity index (χ1v) is 9.80. The fraction of sp³-hybridized carbons (Fsp3) is 0.348. The number of hydrogen-bond donors (Lipinski definition) is 0. The van der Waals surface area contributed by atoms with Crippen LogP contribution in [0.1, 0.15) is 47.1 Å². The number of benzene rings is 2. The molecule has 0 spiro atoms. The predicted octanol–water partition coefficient (Wildman–Crippen LogP) is 3.59. The van der Waals surface area contributed by atoms with Crippen molar-refractivity contribution in [2.45, 2.75) is 26.4 Å². The Labute approximate surface area is 170 Å². The van der Waals surface area contributed by atoms with Gasteiger partial charge < -0.3 is 14.5 Å². The van der Waals surface area contributed by atoms with Gasteiger partial charge in [0.25, 0.3) is 5.91 Å². The van der Waals surface area contributed by atoms with Crippen molar-refractivity contribution in [1.29, 1.82) is 0 Å². The van der Waals surface area contributed by atoms with E-state index in [4.69, 9.17) is 4.74 Å². The normalized spacial score (nSPS) is 15.8. The van der Waals surface area contributed by atoms with Gasteiger partial charge in [0.05, 0.1) is 0 Å². The molecule has 29 heavy (non-hydrogen) atoms. The van der Waals surface area contributed by atoms with Gasteiger partial charge in [0.2, 0.25) is 0 Å². The Morgan fingerprint density at radius 1 is 0.828 bits per heavy atom. The lowest BCUT2D eigenvalue weighted by atomic mass is 10.0. The van der Waals surface area contributed by atoms with E-state index in [0.29, 0.717) is 42.9 Å². The second kappa shape index (κ2) is 7.03. The Morgan fingerprint density at radius 2 is 1.41 bits per heavy atom. The van der Waals surface area contributed by atoms with Crippen molar-refractivity contribution in [3.05, 3.63) is 59.2 Å². The first-order chi connectivity index (χ1) is 13.7. The highest BCUT2D eigenvalue weighted by Gasteiger charge is 2.30. The molecule has 1 aliphatic heterocycles. The van der Waals surface area contributed by atoms with E-state index in [1.54, 1.807) is 21.9 Å². The van der Waals surface area contributed by atoms with Crippen LogP contribution in [0.15, 0.2) is 42.5 Å². The number of carbonyl (C=O) groups is 3. The zero-order chi connectivity index (χ0) is 20.8. The maximum atomic E-state index is 13.0. The van der Waals surface area contributed by atoms with E-state index < -0.39 is 5.60 Å². The number of hydrogen-bond acceptors (Lipinski definition) is 4. The van der Waals surface area contributed by atoms with Gasteiger partial charge in [0.1, 0.15) is 5.60 Å². The molecule has 1 aliphatic carbocycles. The molecule has 0 atom stereocenters. The summed E-state index contributed by atoms with van der Waals surface area (Å²) in [6, 6.07) is 12.8. The smallest absolute Gasteiger partial charge is 0.410 e. The molecule has 150 valence electrons. The number of amides is 2. The molecule has 2 aliphatic rings. The maximum Gasteiger partial charge on any atom is 0.410 e. The molecule has 1 heterocycles. The molecule has 6 heteroatoms. The Balaban J connectivity index is 1.46. The molecule has 2 aromatic carbocycles. The fourth-order valence-corrected chi connectivity index (χ4v) is 3.76. The number of carbonyl (C=O) groups excluding carboxylic acids is 3. The highest BCUT2D eigenvalue weighted by Crippen LogP contribution is 2.36. The average molecular weight is 392 g/mol. The summed E-state index contributed by atoms with van der Waals surface area (Å²) in [5.74, 6) is -0.166. The van der Waals surface area contributed by atoms with Crippen LogP contribution >= 0.6 is 0 Å². The number of nitrogens with zero attached hydrogens (tertiary/aromatic N) is 2. The number of rotatable bonds is 1. The van der Waals surface area contributed by atoms with Crippen LogP contribution in [0.5, 0.6) is 0 Å². The van der Waals surface area contributed by atoms with E-state index in [-0.39, 0.29) is 17.8 Å². The van der Waals surface area contributed by atoms with Crippen LogP contribution in [-0.2, 0) is 4.74 Å². The van der Waals surface area contributed by atoms with Crippen LogP contribution in [0, 0.1) is 0 Å². The van der Waals surface area contributed by atoms with Crippen LogP contribution in [-0.4, -0.2) is 59.4 Å². The minimum absolute atomic E-state index is 0.0417. The Bertz CT molecular complexity index is 998. The molecular weight excluding hydrogens is 368 g/mol. The third-order valence-corrected chi connectivity index (χ3v) is 5.19. The van der Waals surface area contributed by atoms with Crippen molar-refractivity contribution in [2.24, 2.45) is 0 Å². The first kappa shape index (κ1) is 19.2.